The number of hydrogen-bond acceptors (Lipinski definition) is 3. The molecule has 0 bridgehead atoms. The van der Waals surface area contributed by atoms with E-state index in [1.54, 1.807) is 6.07 Å². The second-order valence-corrected chi connectivity index (χ2v) is 20.2. The fourth-order valence-corrected chi connectivity index (χ4v) is 7.50. The fourth-order valence-electron chi connectivity index (χ4n) is 7.50. The maximum absolute atomic E-state index is 11.6. The molecule has 0 aliphatic heterocycles. The van der Waals surface area contributed by atoms with Gasteiger partial charge in [-0.25, -0.2) is 9.83 Å². The second kappa shape index (κ2) is 15.9. The summed E-state index contributed by atoms with van der Waals surface area (Å²) in [7, 11) is 0. The molecule has 0 radical (unpaired) electrons. The SMILES string of the molecule is [C-]#[N+]c1ccc(-c2nc3c(-c4[c-]c(-c5cc(C)ccn5)ccc4)cc(-c4cc(C(C)(C)C)cc(C(C)(C)C)c4)cc3n2-c2cc(C(C)(C)C)cc(C(C)(C)C)c2)c(O)c1.[Pt]. The van der Waals surface area contributed by atoms with Gasteiger partial charge in [-0.3, -0.25) is 9.55 Å². The van der Waals surface area contributed by atoms with E-state index in [0.29, 0.717) is 17.1 Å². The zero-order valence-corrected chi connectivity index (χ0v) is 39.6. The fraction of sp³-hybridized carbons (Fsp3) is 0.315. The smallest absolute Gasteiger partial charge is 0.190 e. The predicted molar refractivity (Wildman–Crippen MR) is 247 cm³/mol. The molecule has 2 heterocycles. The van der Waals surface area contributed by atoms with Crippen LogP contribution in [0.5, 0.6) is 5.75 Å². The third kappa shape index (κ3) is 8.91. The van der Waals surface area contributed by atoms with Gasteiger partial charge in [0.2, 0.25) is 0 Å². The molecule has 5 nitrogen and oxygen atoms in total. The van der Waals surface area contributed by atoms with E-state index < -0.39 is 0 Å². The van der Waals surface area contributed by atoms with E-state index in [-0.39, 0.29) is 48.5 Å². The van der Waals surface area contributed by atoms with Crippen LogP contribution in [-0.2, 0) is 42.7 Å². The van der Waals surface area contributed by atoms with Crippen LogP contribution in [0.15, 0.2) is 103 Å². The Balaban J connectivity index is 0.00000604. The van der Waals surface area contributed by atoms with E-state index in [2.05, 4.69) is 178 Å². The number of phenols is 1. The van der Waals surface area contributed by atoms with Crippen LogP contribution >= 0.6 is 0 Å². The molecule has 0 spiro atoms. The minimum atomic E-state index is -0.141. The van der Waals surface area contributed by atoms with Crippen LogP contribution in [0.2, 0.25) is 0 Å². The van der Waals surface area contributed by atoms with Crippen molar-refractivity contribution in [3.05, 3.63) is 149 Å². The van der Waals surface area contributed by atoms with Crippen molar-refractivity contribution in [3.8, 4) is 56.3 Å². The number of aromatic nitrogens is 3. The number of imidazole rings is 1. The standard InChI is InChI=1S/C54H57N4O.Pt/c1-33-20-21-56-46(22-33)35-17-15-16-34(23-35)45-26-37(36-24-38(51(2,3)4)28-39(25-36)52(5,6)7)27-47-49(45)57-50(44-19-18-42(55-14)32-48(44)59)58(47)43-30-40(53(8,9)10)29-41(31-43)54(11,12)13;/h15-22,24-32,59H,1-13H3;/q-1;. The van der Waals surface area contributed by atoms with E-state index in [4.69, 9.17) is 16.5 Å². The predicted octanol–water partition coefficient (Wildman–Crippen LogP) is 14.6. The van der Waals surface area contributed by atoms with Gasteiger partial charge in [0, 0.05) is 38.6 Å². The maximum Gasteiger partial charge on any atom is 0.190 e. The van der Waals surface area contributed by atoms with Crippen molar-refractivity contribution in [1.82, 2.24) is 14.5 Å². The van der Waals surface area contributed by atoms with Gasteiger partial charge in [-0.05, 0) is 92.3 Å². The Labute approximate surface area is 372 Å². The van der Waals surface area contributed by atoms with Gasteiger partial charge < -0.3 is 5.11 Å². The minimum Gasteiger partial charge on any atom is -0.509 e. The molecular formula is C54H57N4OPt-. The summed E-state index contributed by atoms with van der Waals surface area (Å²) in [4.78, 5) is 13.8. The number of rotatable bonds is 5. The molecule has 310 valence electrons. The van der Waals surface area contributed by atoms with E-state index in [1.807, 2.05) is 18.3 Å². The summed E-state index contributed by atoms with van der Waals surface area (Å²) in [6.45, 7) is 36.9. The third-order valence-electron chi connectivity index (χ3n) is 11.3. The molecule has 0 fully saturated rings. The molecule has 0 aliphatic carbocycles. The molecule has 0 aliphatic rings. The Bertz CT molecular complexity index is 2730. The topological polar surface area (TPSA) is 55.3 Å². The molecule has 0 saturated heterocycles. The van der Waals surface area contributed by atoms with Crippen molar-refractivity contribution in [1.29, 1.82) is 0 Å². The Kier molecular flexibility index (Phi) is 11.8. The number of aryl methyl sites for hydroxylation is 1. The van der Waals surface area contributed by atoms with Crippen LogP contribution < -0.4 is 0 Å². The van der Waals surface area contributed by atoms with Crippen molar-refractivity contribution < 1.29 is 26.2 Å². The first kappa shape index (κ1) is 44.3. The molecule has 60 heavy (non-hydrogen) atoms. The van der Waals surface area contributed by atoms with Crippen LogP contribution in [0.25, 0.3) is 66.5 Å². The number of aromatic hydroxyl groups is 1. The quantitative estimate of drug-likeness (QED) is 0.175. The molecule has 1 N–H and O–H groups in total. The normalized spacial score (nSPS) is 12.3. The number of hydrogen-bond donors (Lipinski definition) is 1. The van der Waals surface area contributed by atoms with Crippen LogP contribution in [0, 0.1) is 19.6 Å². The zero-order valence-electron chi connectivity index (χ0n) is 37.4. The summed E-state index contributed by atoms with van der Waals surface area (Å²) in [6.07, 6.45) is 1.84. The first-order chi connectivity index (χ1) is 27.5. The molecule has 5 aromatic carbocycles. The van der Waals surface area contributed by atoms with Gasteiger partial charge in [0.1, 0.15) is 11.6 Å². The molecule has 2 aromatic heterocycles. The summed E-state index contributed by atoms with van der Waals surface area (Å²) < 4.78 is 2.21. The number of nitrogens with zero attached hydrogens (tertiary/aromatic N) is 4. The van der Waals surface area contributed by atoms with Gasteiger partial charge in [0.25, 0.3) is 0 Å². The number of phenolic OH excluding ortho intramolecular Hbond substituents is 1. The average molecular weight is 973 g/mol. The Morgan fingerprint density at radius 1 is 0.617 bits per heavy atom. The summed E-state index contributed by atoms with van der Waals surface area (Å²) in [5.74, 6) is 0.598. The summed E-state index contributed by atoms with van der Waals surface area (Å²) in [5, 5.41) is 11.6. The van der Waals surface area contributed by atoms with E-state index in [0.717, 1.165) is 55.8 Å². The maximum atomic E-state index is 11.6. The largest absolute Gasteiger partial charge is 0.509 e. The molecule has 0 atom stereocenters. The Hall–Kier alpha value is -5.30. The van der Waals surface area contributed by atoms with Crippen LogP contribution in [0.1, 0.15) is 111 Å². The first-order valence-corrected chi connectivity index (χ1v) is 20.6. The molecule has 0 amide bonds. The van der Waals surface area contributed by atoms with Gasteiger partial charge in [-0.2, -0.15) is 0 Å². The van der Waals surface area contributed by atoms with Crippen molar-refractivity contribution in [3.63, 3.8) is 0 Å². The minimum absolute atomic E-state index is 0. The van der Waals surface area contributed by atoms with Crippen LogP contribution in [-0.4, -0.2) is 19.6 Å². The van der Waals surface area contributed by atoms with E-state index in [1.165, 1.54) is 28.3 Å². The molecular weight excluding hydrogens is 916 g/mol. The van der Waals surface area contributed by atoms with Crippen LogP contribution in [0.3, 0.4) is 0 Å². The molecule has 7 rings (SSSR count). The van der Waals surface area contributed by atoms with Crippen molar-refractivity contribution in [2.75, 3.05) is 0 Å². The van der Waals surface area contributed by atoms with Crippen molar-refractivity contribution in [2.24, 2.45) is 0 Å². The Morgan fingerprint density at radius 2 is 1.17 bits per heavy atom. The third-order valence-corrected chi connectivity index (χ3v) is 11.3. The summed E-state index contributed by atoms with van der Waals surface area (Å²) >= 11 is 0. The van der Waals surface area contributed by atoms with Crippen molar-refractivity contribution >= 4 is 16.7 Å². The Morgan fingerprint density at radius 3 is 1.70 bits per heavy atom. The van der Waals surface area contributed by atoms with Crippen LogP contribution in [0.4, 0.5) is 5.69 Å². The molecule has 0 unspecified atom stereocenters. The van der Waals surface area contributed by atoms with Gasteiger partial charge in [0.15, 0.2) is 5.69 Å². The second-order valence-electron chi connectivity index (χ2n) is 20.2. The first-order valence-electron chi connectivity index (χ1n) is 20.6. The summed E-state index contributed by atoms with van der Waals surface area (Å²) in [5.41, 5.74) is 14.9. The molecule has 0 saturated carbocycles. The zero-order chi connectivity index (χ0) is 42.8. The van der Waals surface area contributed by atoms with Crippen molar-refractivity contribution in [2.45, 2.75) is 112 Å². The van der Waals surface area contributed by atoms with Gasteiger partial charge in [0.05, 0.1) is 23.2 Å². The number of pyridine rings is 1. The van der Waals surface area contributed by atoms with Gasteiger partial charge in [-0.1, -0.05) is 148 Å². The molecule has 6 heteroatoms. The molecule has 7 aromatic rings. The van der Waals surface area contributed by atoms with Gasteiger partial charge >= 0.3 is 0 Å². The number of fused-ring (bicyclic) bond motifs is 1. The monoisotopic (exact) mass is 972 g/mol. The van der Waals surface area contributed by atoms with E-state index >= 15 is 0 Å². The van der Waals surface area contributed by atoms with E-state index in [9.17, 15) is 5.11 Å². The number of benzene rings is 5. The summed E-state index contributed by atoms with van der Waals surface area (Å²) in [6, 6.07) is 37.6. The average Bonchev–Trinajstić information content (AvgIpc) is 3.55. The van der Waals surface area contributed by atoms with Gasteiger partial charge in [-0.15, -0.1) is 29.8 Å².